The summed E-state index contributed by atoms with van der Waals surface area (Å²) in [5.41, 5.74) is 2.08. The Labute approximate surface area is 135 Å². The Hall–Kier alpha value is -2.75. The first-order valence-electron chi connectivity index (χ1n) is 7.65. The second kappa shape index (κ2) is 6.16. The molecule has 2 N–H and O–H groups in total. The van der Waals surface area contributed by atoms with E-state index in [-0.39, 0.29) is 11.7 Å². The Morgan fingerprint density at radius 2 is 2.00 bits per heavy atom. The number of nitrogens with one attached hydrogen (secondary N) is 1. The monoisotopic (exact) mass is 308 g/mol. The number of likely N-dealkylation sites (N-methyl/N-ethyl adjacent to an activating group) is 1. The maximum Gasteiger partial charge on any atom is 0.252 e. The number of amides is 1. The third kappa shape index (κ3) is 2.93. The maximum absolute atomic E-state index is 12.2. The van der Waals surface area contributed by atoms with Gasteiger partial charge < -0.3 is 15.3 Å². The molecule has 0 saturated carbocycles. The summed E-state index contributed by atoms with van der Waals surface area (Å²) in [6, 6.07) is 14.4. The molecule has 2 aromatic rings. The van der Waals surface area contributed by atoms with E-state index in [4.69, 9.17) is 0 Å². The topological polar surface area (TPSA) is 52.6 Å². The molecule has 0 spiro atoms. The van der Waals surface area contributed by atoms with E-state index in [0.29, 0.717) is 24.4 Å². The van der Waals surface area contributed by atoms with E-state index in [0.717, 1.165) is 6.42 Å². The van der Waals surface area contributed by atoms with E-state index in [9.17, 15) is 9.90 Å². The molecule has 0 atom stereocenters. The number of hydrogen-bond acceptors (Lipinski definition) is 3. The van der Waals surface area contributed by atoms with Crippen LogP contribution in [0.3, 0.4) is 0 Å². The van der Waals surface area contributed by atoms with Gasteiger partial charge in [-0.25, -0.2) is 0 Å². The molecule has 0 aliphatic carbocycles. The lowest BCUT2D eigenvalue weighted by atomic mass is 10.0. The molecule has 118 valence electrons. The molecule has 2 aromatic carbocycles. The molecule has 23 heavy (non-hydrogen) atoms. The quantitative estimate of drug-likeness (QED) is 0.913. The van der Waals surface area contributed by atoms with Crippen molar-refractivity contribution in [2.24, 2.45) is 0 Å². The predicted octanol–water partition coefficient (Wildman–Crippen LogP) is 2.77. The summed E-state index contributed by atoms with van der Waals surface area (Å²) in [6.45, 7) is 4.67. The summed E-state index contributed by atoms with van der Waals surface area (Å²) in [6.07, 6.45) is 0.748. The molecule has 0 bridgehead atoms. The second-order valence-electron chi connectivity index (χ2n) is 5.77. The van der Waals surface area contributed by atoms with Crippen LogP contribution < -0.4 is 5.32 Å². The molecule has 1 aliphatic heterocycles. The lowest BCUT2D eigenvalue weighted by molar-refractivity contribution is -0.117. The molecule has 1 heterocycles. The van der Waals surface area contributed by atoms with E-state index in [1.165, 1.54) is 16.3 Å². The highest BCUT2D eigenvalue weighted by Crippen LogP contribution is 2.23. The average molecular weight is 308 g/mol. The average Bonchev–Trinajstić information content (AvgIpc) is 2.82. The Morgan fingerprint density at radius 3 is 2.74 bits per heavy atom. The van der Waals surface area contributed by atoms with Crippen molar-refractivity contribution in [3.05, 3.63) is 71.6 Å². The fourth-order valence-electron chi connectivity index (χ4n) is 2.87. The van der Waals surface area contributed by atoms with Gasteiger partial charge >= 0.3 is 0 Å². The zero-order valence-corrected chi connectivity index (χ0v) is 13.2. The van der Waals surface area contributed by atoms with E-state index in [1.807, 2.05) is 18.2 Å². The van der Waals surface area contributed by atoms with Gasteiger partial charge in [0, 0.05) is 13.6 Å². The van der Waals surface area contributed by atoms with E-state index in [2.05, 4.69) is 36.2 Å². The van der Waals surface area contributed by atoms with Crippen LogP contribution in [0.25, 0.3) is 10.8 Å². The first-order chi connectivity index (χ1) is 11.1. The lowest BCUT2D eigenvalue weighted by Crippen LogP contribution is -2.29. The van der Waals surface area contributed by atoms with Crippen molar-refractivity contribution in [1.29, 1.82) is 0 Å². The third-order valence-electron chi connectivity index (χ3n) is 4.25. The van der Waals surface area contributed by atoms with Gasteiger partial charge in [0.15, 0.2) is 0 Å². The molecular weight excluding hydrogens is 288 g/mol. The molecule has 0 aromatic heterocycles. The fraction of sp³-hybridized carbons (Fsp3) is 0.211. The van der Waals surface area contributed by atoms with Crippen molar-refractivity contribution in [2.45, 2.75) is 6.42 Å². The van der Waals surface area contributed by atoms with Crippen molar-refractivity contribution in [3.63, 3.8) is 0 Å². The van der Waals surface area contributed by atoms with Crippen LogP contribution in [0.15, 0.2) is 66.1 Å². The summed E-state index contributed by atoms with van der Waals surface area (Å²) in [5.74, 6) is -0.233. The fourth-order valence-corrected chi connectivity index (χ4v) is 2.87. The van der Waals surface area contributed by atoms with Gasteiger partial charge in [-0.05, 0) is 22.8 Å². The predicted molar refractivity (Wildman–Crippen MR) is 92.1 cm³/mol. The number of rotatable bonds is 4. The molecular formula is C19H20N2O2. The first-order valence-corrected chi connectivity index (χ1v) is 7.65. The Morgan fingerprint density at radius 1 is 1.26 bits per heavy atom. The number of hydrogen-bond donors (Lipinski definition) is 2. The van der Waals surface area contributed by atoms with Crippen molar-refractivity contribution >= 4 is 16.7 Å². The molecule has 4 heteroatoms. The minimum Gasteiger partial charge on any atom is -0.505 e. The summed E-state index contributed by atoms with van der Waals surface area (Å²) in [7, 11) is 1.80. The highest BCUT2D eigenvalue weighted by atomic mass is 16.3. The summed E-state index contributed by atoms with van der Waals surface area (Å²) in [5, 5.41) is 15.2. The zero-order chi connectivity index (χ0) is 16.4. The van der Waals surface area contributed by atoms with E-state index >= 15 is 0 Å². The number of carbonyl (C=O) groups excluding carboxylic acids is 1. The molecule has 0 fully saturated rings. The van der Waals surface area contributed by atoms with Crippen LogP contribution in [-0.2, 0) is 11.2 Å². The van der Waals surface area contributed by atoms with Crippen LogP contribution in [0.5, 0.6) is 0 Å². The van der Waals surface area contributed by atoms with Crippen LogP contribution >= 0.6 is 0 Å². The van der Waals surface area contributed by atoms with Gasteiger partial charge in [-0.2, -0.15) is 0 Å². The Bertz CT molecular complexity index is 803. The van der Waals surface area contributed by atoms with Gasteiger partial charge in [-0.1, -0.05) is 49.0 Å². The minimum atomic E-state index is -0.228. The number of aliphatic hydroxyl groups excluding tert-OH is 1. The van der Waals surface area contributed by atoms with Gasteiger partial charge in [0.1, 0.15) is 5.76 Å². The van der Waals surface area contributed by atoms with Gasteiger partial charge in [0.25, 0.3) is 5.91 Å². The first kappa shape index (κ1) is 15.2. The van der Waals surface area contributed by atoms with Gasteiger partial charge in [0.05, 0.1) is 17.8 Å². The number of fused-ring (bicyclic) bond motifs is 1. The molecule has 3 rings (SSSR count). The van der Waals surface area contributed by atoms with Gasteiger partial charge in [-0.3, -0.25) is 4.79 Å². The highest BCUT2D eigenvalue weighted by Gasteiger charge is 2.26. The van der Waals surface area contributed by atoms with E-state index in [1.54, 1.807) is 11.9 Å². The van der Waals surface area contributed by atoms with Crippen LogP contribution in [0.2, 0.25) is 0 Å². The third-order valence-corrected chi connectivity index (χ3v) is 4.25. The molecule has 0 radical (unpaired) electrons. The van der Waals surface area contributed by atoms with Crippen molar-refractivity contribution in [1.82, 2.24) is 10.2 Å². The van der Waals surface area contributed by atoms with Crippen molar-refractivity contribution in [2.75, 3.05) is 20.1 Å². The smallest absolute Gasteiger partial charge is 0.252 e. The Balaban J connectivity index is 1.66. The minimum absolute atomic E-state index is 0.00448. The van der Waals surface area contributed by atoms with Gasteiger partial charge in [-0.15, -0.1) is 0 Å². The summed E-state index contributed by atoms with van der Waals surface area (Å²) in [4.78, 5) is 14.0. The van der Waals surface area contributed by atoms with Crippen molar-refractivity contribution in [3.8, 4) is 0 Å². The SMILES string of the molecule is C=C1C(O)=C(C(=O)NCCc2cccc3ccccc23)CN1C. The standard InChI is InChI=1S/C19H20N2O2/c1-13-18(22)17(12-21(13)2)19(23)20-11-10-15-8-5-7-14-6-3-4-9-16(14)15/h3-9,22H,1,10-12H2,2H3,(H,20,23). The maximum atomic E-state index is 12.2. The number of benzene rings is 2. The number of nitrogens with zero attached hydrogens (tertiary/aromatic N) is 1. The van der Waals surface area contributed by atoms with Crippen LogP contribution in [0.4, 0.5) is 0 Å². The molecule has 4 nitrogen and oxygen atoms in total. The van der Waals surface area contributed by atoms with Crippen LogP contribution in [0.1, 0.15) is 5.56 Å². The van der Waals surface area contributed by atoms with Crippen LogP contribution in [-0.4, -0.2) is 36.1 Å². The summed E-state index contributed by atoms with van der Waals surface area (Å²) < 4.78 is 0. The Kier molecular flexibility index (Phi) is 4.06. The largest absolute Gasteiger partial charge is 0.505 e. The van der Waals surface area contributed by atoms with Gasteiger partial charge in [0.2, 0.25) is 0 Å². The molecule has 0 unspecified atom stereocenters. The molecule has 1 aliphatic rings. The van der Waals surface area contributed by atoms with Crippen LogP contribution in [0, 0.1) is 0 Å². The molecule has 1 amide bonds. The zero-order valence-electron chi connectivity index (χ0n) is 13.2. The highest BCUT2D eigenvalue weighted by molar-refractivity contribution is 5.95. The summed E-state index contributed by atoms with van der Waals surface area (Å²) >= 11 is 0. The normalized spacial score (nSPS) is 14.7. The van der Waals surface area contributed by atoms with Crippen molar-refractivity contribution < 1.29 is 9.90 Å². The number of carbonyl (C=O) groups is 1. The molecule has 0 saturated heterocycles. The number of aliphatic hydroxyl groups is 1. The van der Waals surface area contributed by atoms with E-state index < -0.39 is 0 Å². The second-order valence-corrected chi connectivity index (χ2v) is 5.77. The lowest BCUT2D eigenvalue weighted by Gasteiger charge is -2.11.